The molecule has 0 aliphatic carbocycles. The van der Waals surface area contributed by atoms with Crippen LogP contribution < -0.4 is 15.4 Å². The number of hydrogen-bond donors (Lipinski definition) is 4. The maximum atomic E-state index is 13.4. The highest BCUT2D eigenvalue weighted by Crippen LogP contribution is 2.31. The second kappa shape index (κ2) is 15.1. The second-order valence-electron chi connectivity index (χ2n) is 9.42. The van der Waals surface area contributed by atoms with Crippen LogP contribution in [0.3, 0.4) is 0 Å². The van der Waals surface area contributed by atoms with E-state index in [1.807, 2.05) is 0 Å². The highest BCUT2D eigenvalue weighted by molar-refractivity contribution is 5.67. The van der Waals surface area contributed by atoms with Crippen LogP contribution in [0.5, 0.6) is 5.88 Å². The Morgan fingerprint density at radius 3 is 2.44 bits per heavy atom. The van der Waals surface area contributed by atoms with Crippen LogP contribution in [0.15, 0.2) is 6.07 Å². The predicted octanol–water partition coefficient (Wildman–Crippen LogP) is 0.780. The Kier molecular flexibility index (Phi) is 12.6. The maximum Gasteiger partial charge on any atom is 0.433 e. The van der Waals surface area contributed by atoms with Crippen molar-refractivity contribution in [1.82, 2.24) is 15.3 Å². The van der Waals surface area contributed by atoms with Crippen molar-refractivity contribution in [3.63, 3.8) is 0 Å². The molecule has 222 valence electrons. The van der Waals surface area contributed by atoms with Gasteiger partial charge in [0, 0.05) is 12.6 Å². The molecule has 1 aromatic rings. The Bertz CT molecular complexity index is 918. The lowest BCUT2D eigenvalue weighted by Crippen LogP contribution is -2.54. The third-order valence-electron chi connectivity index (χ3n) is 5.14. The standard InChI is InChI=1S/C23H35F3N4O9/c1-22(2,3)39-21(34)27-4-5-35-6-7-36-8-9-37-18-10-17(23(24,25)26)29-20(30-18)28-15-13-38-16(12-32)19(33)14(15)11-31/h10-11,14-16,19,32-33H,4-9,12-13H2,1-3H3,(H,27,34)(H,28,29,30)/t14-,15+,16-,19-/m1/s1. The van der Waals surface area contributed by atoms with Gasteiger partial charge >= 0.3 is 12.3 Å². The van der Waals surface area contributed by atoms with Crippen molar-refractivity contribution in [2.24, 2.45) is 5.92 Å². The second-order valence-corrected chi connectivity index (χ2v) is 9.42. The van der Waals surface area contributed by atoms with Crippen LogP contribution >= 0.6 is 0 Å². The summed E-state index contributed by atoms with van der Waals surface area (Å²) in [4.78, 5) is 30.3. The minimum atomic E-state index is -4.81. The van der Waals surface area contributed by atoms with E-state index in [0.29, 0.717) is 12.4 Å². The van der Waals surface area contributed by atoms with E-state index in [9.17, 15) is 33.0 Å². The number of aliphatic hydroxyl groups excluding tert-OH is 2. The average molecular weight is 569 g/mol. The Hall–Kier alpha value is -2.79. The number of carbonyl (C=O) groups is 2. The number of aldehydes is 1. The number of amides is 1. The van der Waals surface area contributed by atoms with E-state index in [0.717, 1.165) is 0 Å². The summed E-state index contributed by atoms with van der Waals surface area (Å²) >= 11 is 0. The predicted molar refractivity (Wildman–Crippen MR) is 128 cm³/mol. The van der Waals surface area contributed by atoms with E-state index < -0.39 is 60.3 Å². The molecule has 1 aromatic heterocycles. The first-order chi connectivity index (χ1) is 18.3. The molecule has 13 nitrogen and oxygen atoms in total. The van der Waals surface area contributed by atoms with E-state index in [4.69, 9.17) is 23.7 Å². The van der Waals surface area contributed by atoms with Gasteiger partial charge in [0.15, 0.2) is 5.69 Å². The largest absolute Gasteiger partial charge is 0.475 e. The van der Waals surface area contributed by atoms with Gasteiger partial charge in [0.2, 0.25) is 11.8 Å². The number of halogens is 3. The minimum absolute atomic E-state index is 0.0199. The summed E-state index contributed by atoms with van der Waals surface area (Å²) in [6, 6.07) is -0.323. The van der Waals surface area contributed by atoms with Crippen LogP contribution in [0, 0.1) is 5.92 Å². The molecule has 4 atom stereocenters. The first kappa shape index (κ1) is 32.4. The molecule has 0 aromatic carbocycles. The molecule has 1 saturated heterocycles. The summed E-state index contributed by atoms with van der Waals surface area (Å²) in [5, 5.41) is 24.5. The lowest BCUT2D eigenvalue weighted by atomic mass is 9.89. The van der Waals surface area contributed by atoms with Gasteiger partial charge in [-0.15, -0.1) is 0 Å². The third kappa shape index (κ3) is 11.5. The summed E-state index contributed by atoms with van der Waals surface area (Å²) in [6.45, 7) is 5.26. The van der Waals surface area contributed by atoms with Crippen molar-refractivity contribution in [2.45, 2.75) is 50.8 Å². The van der Waals surface area contributed by atoms with Crippen LogP contribution in [-0.2, 0) is 29.9 Å². The normalized spacial score (nSPS) is 21.7. The molecule has 4 N–H and O–H groups in total. The zero-order valence-corrected chi connectivity index (χ0v) is 21.9. The van der Waals surface area contributed by atoms with Gasteiger partial charge in [0.1, 0.15) is 24.6 Å². The molecule has 2 rings (SSSR count). The van der Waals surface area contributed by atoms with Crippen LogP contribution in [0.4, 0.5) is 23.9 Å². The average Bonchev–Trinajstić information content (AvgIpc) is 2.84. The quantitative estimate of drug-likeness (QED) is 0.184. The Morgan fingerprint density at radius 1 is 1.15 bits per heavy atom. The topological polar surface area (TPSA) is 171 Å². The Morgan fingerprint density at radius 2 is 1.82 bits per heavy atom. The van der Waals surface area contributed by atoms with Crippen molar-refractivity contribution in [3.05, 3.63) is 11.8 Å². The van der Waals surface area contributed by atoms with Gasteiger partial charge in [-0.05, 0) is 20.8 Å². The van der Waals surface area contributed by atoms with E-state index in [1.54, 1.807) is 20.8 Å². The molecule has 1 aliphatic heterocycles. The molecule has 16 heteroatoms. The van der Waals surface area contributed by atoms with E-state index in [-0.39, 0.29) is 52.1 Å². The zero-order chi connectivity index (χ0) is 29.1. The molecular weight excluding hydrogens is 533 g/mol. The molecule has 0 radical (unpaired) electrons. The first-order valence-electron chi connectivity index (χ1n) is 12.2. The van der Waals surface area contributed by atoms with Gasteiger partial charge in [-0.2, -0.15) is 18.2 Å². The summed E-state index contributed by atoms with van der Waals surface area (Å²) in [5.74, 6) is -1.95. The number of anilines is 1. The number of aliphatic hydroxyl groups is 2. The number of nitrogens with zero attached hydrogens (tertiary/aromatic N) is 2. The summed E-state index contributed by atoms with van der Waals surface area (Å²) < 4.78 is 66.4. The van der Waals surface area contributed by atoms with Crippen molar-refractivity contribution < 1.29 is 56.7 Å². The SMILES string of the molecule is CC(C)(C)OC(=O)NCCOCCOCCOc1cc(C(F)(F)F)nc(N[C@H]2CO[C@H](CO)[C@H](O)[C@@H]2C=O)n1. The Labute approximate surface area is 223 Å². The van der Waals surface area contributed by atoms with Gasteiger partial charge in [-0.1, -0.05) is 0 Å². The molecule has 0 spiro atoms. The van der Waals surface area contributed by atoms with E-state index in [1.165, 1.54) is 0 Å². The number of nitrogens with one attached hydrogen (secondary N) is 2. The summed E-state index contributed by atoms with van der Waals surface area (Å²) in [7, 11) is 0. The number of ether oxygens (including phenoxy) is 5. The smallest absolute Gasteiger partial charge is 0.433 e. The van der Waals surface area contributed by atoms with Gasteiger partial charge in [-0.3, -0.25) is 0 Å². The van der Waals surface area contributed by atoms with E-state index >= 15 is 0 Å². The summed E-state index contributed by atoms with van der Waals surface area (Å²) in [5.41, 5.74) is -1.88. The Balaban J connectivity index is 1.79. The molecule has 2 heterocycles. The number of carbonyl (C=O) groups excluding carboxylic acids is 2. The molecule has 39 heavy (non-hydrogen) atoms. The van der Waals surface area contributed by atoms with Gasteiger partial charge in [0.05, 0.1) is 57.7 Å². The highest BCUT2D eigenvalue weighted by Gasteiger charge is 2.40. The molecule has 0 saturated carbocycles. The minimum Gasteiger partial charge on any atom is -0.475 e. The number of alkyl halides is 3. The van der Waals surface area contributed by atoms with Crippen molar-refractivity contribution in [2.75, 3.05) is 58.1 Å². The number of rotatable bonds is 14. The number of alkyl carbamates (subject to hydrolysis) is 1. The molecule has 1 aliphatic rings. The van der Waals surface area contributed by atoms with E-state index in [2.05, 4.69) is 20.6 Å². The van der Waals surface area contributed by atoms with Gasteiger partial charge in [-0.25, -0.2) is 9.78 Å². The third-order valence-corrected chi connectivity index (χ3v) is 5.14. The van der Waals surface area contributed by atoms with Crippen molar-refractivity contribution in [1.29, 1.82) is 0 Å². The maximum absolute atomic E-state index is 13.4. The van der Waals surface area contributed by atoms with Crippen molar-refractivity contribution in [3.8, 4) is 5.88 Å². The monoisotopic (exact) mass is 568 g/mol. The van der Waals surface area contributed by atoms with Crippen LogP contribution in [0.1, 0.15) is 26.5 Å². The number of aromatic nitrogens is 2. The molecule has 1 fully saturated rings. The zero-order valence-electron chi connectivity index (χ0n) is 21.9. The van der Waals surface area contributed by atoms with Gasteiger partial charge in [0.25, 0.3) is 0 Å². The highest BCUT2D eigenvalue weighted by atomic mass is 19.4. The molecule has 0 bridgehead atoms. The van der Waals surface area contributed by atoms with Crippen LogP contribution in [0.25, 0.3) is 0 Å². The fourth-order valence-corrected chi connectivity index (χ4v) is 3.34. The fraction of sp³-hybridized carbons (Fsp3) is 0.739. The number of hydrogen-bond acceptors (Lipinski definition) is 12. The summed E-state index contributed by atoms with van der Waals surface area (Å²) in [6.07, 6.45) is -7.31. The van der Waals surface area contributed by atoms with Crippen LogP contribution in [0.2, 0.25) is 0 Å². The lowest BCUT2D eigenvalue weighted by molar-refractivity contribution is -0.143. The molecular formula is C23H35F3N4O9. The van der Waals surface area contributed by atoms with Crippen molar-refractivity contribution >= 4 is 18.3 Å². The lowest BCUT2D eigenvalue weighted by Gasteiger charge is -2.37. The molecule has 1 amide bonds. The van der Waals surface area contributed by atoms with Gasteiger partial charge < -0.3 is 49.3 Å². The fourth-order valence-electron chi connectivity index (χ4n) is 3.34. The first-order valence-corrected chi connectivity index (χ1v) is 12.2. The van der Waals surface area contributed by atoms with Crippen LogP contribution in [-0.4, -0.2) is 109 Å². The molecule has 0 unspecified atom stereocenters.